The van der Waals surface area contributed by atoms with Crippen molar-refractivity contribution in [1.29, 1.82) is 0 Å². The molecule has 9 rings (SSSR count). The highest BCUT2D eigenvalue weighted by atomic mass is 16.3. The van der Waals surface area contributed by atoms with E-state index in [0.29, 0.717) is 23.3 Å². The van der Waals surface area contributed by atoms with E-state index in [1.165, 1.54) is 27.5 Å². The maximum Gasteiger partial charge on any atom is 0.229 e. The zero-order valence-electron chi connectivity index (χ0n) is 30.5. The molecule has 54 heavy (non-hydrogen) atoms. The van der Waals surface area contributed by atoms with E-state index in [1.54, 1.807) is 24.7 Å². The molecule has 0 spiro atoms. The van der Waals surface area contributed by atoms with E-state index >= 15 is 0 Å². The molecule has 3 N–H and O–H groups in total. The minimum Gasteiger partial charge on any atom is -0.390 e. The van der Waals surface area contributed by atoms with E-state index in [9.17, 15) is 9.90 Å². The predicted octanol–water partition coefficient (Wildman–Crippen LogP) is 6.61. The van der Waals surface area contributed by atoms with E-state index in [2.05, 4.69) is 107 Å². The van der Waals surface area contributed by atoms with E-state index in [1.807, 2.05) is 60.7 Å². The standard InChI is InChI=1S/C22H24N6O.C19H17N5O/c1-15-10-28(12-17(15)11-27-13-19(29)14-27)21-5-7-23-22(25-21)24-18-3-4-20-16(9-18)6-8-26(20)2;1-13-10-24(11-15(13)12-25)18-5-7-20-19(22-18)21-16-3-4-17-14(9-16)6-8-23(17)2/h3-10,12,19,29H,11,13-14H2,1-2H3,(H,23,24,25);3-12H,1-2H3,(H,20,21,22). The first kappa shape index (κ1) is 34.5. The number of carbonyl (C=O) groups excluding carboxylic acids is 1. The second kappa shape index (κ2) is 14.5. The number of β-amino-alcohol motifs (C(OH)–C–C–N with tert-alkyl or cyclic N) is 1. The lowest BCUT2D eigenvalue weighted by molar-refractivity contribution is -0.00295. The number of aromatic nitrogens is 8. The summed E-state index contributed by atoms with van der Waals surface area (Å²) in [6, 6.07) is 20.2. The van der Waals surface area contributed by atoms with Crippen LogP contribution in [0.3, 0.4) is 0 Å². The fourth-order valence-electron chi connectivity index (χ4n) is 6.72. The lowest BCUT2D eigenvalue weighted by Gasteiger charge is -2.35. The van der Waals surface area contributed by atoms with E-state index in [0.717, 1.165) is 54.1 Å². The highest BCUT2D eigenvalue weighted by molar-refractivity contribution is 5.85. The minimum atomic E-state index is -0.178. The highest BCUT2D eigenvalue weighted by Crippen LogP contribution is 2.24. The molecule has 2 aromatic carbocycles. The van der Waals surface area contributed by atoms with E-state index in [-0.39, 0.29) is 6.10 Å². The molecular formula is C41H41N11O2. The smallest absolute Gasteiger partial charge is 0.229 e. The third-order valence-corrected chi connectivity index (χ3v) is 9.75. The average molecular weight is 720 g/mol. The fourth-order valence-corrected chi connectivity index (χ4v) is 6.72. The van der Waals surface area contributed by atoms with Gasteiger partial charge in [0.15, 0.2) is 6.29 Å². The van der Waals surface area contributed by atoms with Gasteiger partial charge in [0.05, 0.1) is 6.10 Å². The van der Waals surface area contributed by atoms with Crippen LogP contribution in [0.2, 0.25) is 0 Å². The number of benzene rings is 2. The number of anilines is 4. The van der Waals surface area contributed by atoms with Crippen LogP contribution in [-0.4, -0.2) is 73.7 Å². The van der Waals surface area contributed by atoms with Crippen LogP contribution in [-0.2, 0) is 20.6 Å². The number of fused-ring (bicyclic) bond motifs is 2. The van der Waals surface area contributed by atoms with Crippen molar-refractivity contribution < 1.29 is 9.90 Å². The van der Waals surface area contributed by atoms with Crippen molar-refractivity contribution >= 4 is 51.4 Å². The van der Waals surface area contributed by atoms with Gasteiger partial charge in [-0.3, -0.25) is 9.69 Å². The molecule has 0 unspecified atom stereocenters. The van der Waals surface area contributed by atoms with Crippen molar-refractivity contribution in [2.24, 2.45) is 14.1 Å². The average Bonchev–Trinajstić information content (AvgIpc) is 3.93. The van der Waals surface area contributed by atoms with Gasteiger partial charge in [0.1, 0.15) is 11.6 Å². The van der Waals surface area contributed by atoms with Gasteiger partial charge in [-0.1, -0.05) is 0 Å². The Hall–Kier alpha value is -6.57. The molecule has 8 aromatic rings. The van der Waals surface area contributed by atoms with Crippen molar-refractivity contribution in [2.45, 2.75) is 26.5 Å². The number of hydrogen-bond donors (Lipinski definition) is 3. The van der Waals surface area contributed by atoms with Gasteiger partial charge in [0.25, 0.3) is 0 Å². The summed E-state index contributed by atoms with van der Waals surface area (Å²) in [5.41, 5.74) is 8.28. The molecule has 1 aliphatic heterocycles. The number of nitrogens with zero attached hydrogens (tertiary/aromatic N) is 9. The summed E-state index contributed by atoms with van der Waals surface area (Å²) in [4.78, 5) is 31.1. The number of aliphatic hydroxyl groups is 1. The summed E-state index contributed by atoms with van der Waals surface area (Å²) < 4.78 is 8.04. The monoisotopic (exact) mass is 719 g/mol. The zero-order valence-corrected chi connectivity index (χ0v) is 30.5. The molecule has 1 fully saturated rings. The first-order chi connectivity index (χ1) is 26.2. The molecule has 0 aliphatic carbocycles. The van der Waals surface area contributed by atoms with Gasteiger partial charge in [0, 0.05) is 122 Å². The van der Waals surface area contributed by atoms with Gasteiger partial charge < -0.3 is 34.0 Å². The molecule has 0 amide bonds. The van der Waals surface area contributed by atoms with Crippen molar-refractivity contribution in [3.63, 3.8) is 0 Å². The largest absolute Gasteiger partial charge is 0.390 e. The maximum absolute atomic E-state index is 11.0. The zero-order chi connectivity index (χ0) is 37.3. The summed E-state index contributed by atoms with van der Waals surface area (Å²) in [6.07, 6.45) is 16.1. The Bertz CT molecular complexity index is 2610. The van der Waals surface area contributed by atoms with E-state index in [4.69, 9.17) is 0 Å². The van der Waals surface area contributed by atoms with E-state index < -0.39 is 0 Å². The topological polar surface area (TPSA) is 136 Å². The molecule has 0 bridgehead atoms. The predicted molar refractivity (Wildman–Crippen MR) is 211 cm³/mol. The van der Waals surface area contributed by atoms with Crippen LogP contribution in [0.15, 0.2) is 110 Å². The molecule has 1 aliphatic rings. The molecule has 13 nitrogen and oxygen atoms in total. The Morgan fingerprint density at radius 2 is 1.26 bits per heavy atom. The van der Waals surface area contributed by atoms with Crippen molar-refractivity contribution in [2.75, 3.05) is 23.7 Å². The molecule has 6 aromatic heterocycles. The van der Waals surface area contributed by atoms with Crippen LogP contribution in [0, 0.1) is 13.8 Å². The van der Waals surface area contributed by atoms with Gasteiger partial charge in [0.2, 0.25) is 11.9 Å². The summed E-state index contributed by atoms with van der Waals surface area (Å²) >= 11 is 0. The minimum absolute atomic E-state index is 0.178. The Labute approximate surface area is 312 Å². The number of hydrogen-bond acceptors (Lipinski definition) is 9. The number of carbonyl (C=O) groups is 1. The van der Waals surface area contributed by atoms with Crippen LogP contribution >= 0.6 is 0 Å². The van der Waals surface area contributed by atoms with Crippen LogP contribution in [0.1, 0.15) is 27.0 Å². The molecule has 7 heterocycles. The van der Waals surface area contributed by atoms with Crippen LogP contribution in [0.25, 0.3) is 33.4 Å². The molecule has 0 saturated carbocycles. The molecule has 13 heteroatoms. The molecular weight excluding hydrogens is 679 g/mol. The molecule has 0 radical (unpaired) electrons. The Morgan fingerprint density at radius 1 is 0.722 bits per heavy atom. The normalized spacial score (nSPS) is 13.1. The summed E-state index contributed by atoms with van der Waals surface area (Å²) in [6.45, 7) is 6.35. The summed E-state index contributed by atoms with van der Waals surface area (Å²) in [5.74, 6) is 2.60. The third kappa shape index (κ3) is 7.22. The second-order valence-electron chi connectivity index (χ2n) is 13.8. The van der Waals surface area contributed by atoms with Crippen molar-refractivity contribution in [3.8, 4) is 11.6 Å². The number of aldehydes is 1. The van der Waals surface area contributed by atoms with Gasteiger partial charge in [-0.05, 0) is 91.2 Å². The van der Waals surface area contributed by atoms with Gasteiger partial charge >= 0.3 is 0 Å². The van der Waals surface area contributed by atoms with Crippen LogP contribution < -0.4 is 10.6 Å². The Morgan fingerprint density at radius 3 is 1.78 bits per heavy atom. The maximum atomic E-state index is 11.0. The first-order valence-electron chi connectivity index (χ1n) is 17.7. The molecule has 272 valence electrons. The molecule has 0 atom stereocenters. The first-order valence-corrected chi connectivity index (χ1v) is 17.7. The Balaban J connectivity index is 0.000000155. The number of aliphatic hydroxyl groups excluding tert-OH is 1. The summed E-state index contributed by atoms with van der Waals surface area (Å²) in [7, 11) is 4.06. The van der Waals surface area contributed by atoms with Crippen LogP contribution in [0.4, 0.5) is 23.3 Å². The van der Waals surface area contributed by atoms with Gasteiger partial charge in [-0.2, -0.15) is 9.97 Å². The van der Waals surface area contributed by atoms with Gasteiger partial charge in [-0.15, -0.1) is 0 Å². The third-order valence-electron chi connectivity index (χ3n) is 9.75. The lowest BCUT2D eigenvalue weighted by Crippen LogP contribution is -2.49. The summed E-state index contributed by atoms with van der Waals surface area (Å²) in [5, 5.41) is 18.4. The SMILES string of the molecule is Cc1cn(-c2ccnc(Nc3ccc4c(ccn4C)c3)n2)cc1C=O.Cc1cn(-c2ccnc(Nc3ccc4c(ccn4C)c3)n2)cc1CN1CC(O)C1. The number of aryl methyl sites for hydroxylation is 4. The van der Waals surface area contributed by atoms with Crippen molar-refractivity contribution in [1.82, 2.24) is 43.1 Å². The highest BCUT2D eigenvalue weighted by Gasteiger charge is 2.25. The number of rotatable bonds is 9. The number of likely N-dealkylation sites (tertiary alicyclic amines) is 1. The molecule has 1 saturated heterocycles. The Kier molecular flexibility index (Phi) is 9.24. The number of nitrogens with one attached hydrogen (secondary N) is 2. The fraction of sp³-hybridized carbons (Fsp3) is 0.195. The lowest BCUT2D eigenvalue weighted by atomic mass is 10.1. The van der Waals surface area contributed by atoms with Crippen molar-refractivity contribution in [3.05, 3.63) is 132 Å². The van der Waals surface area contributed by atoms with Crippen LogP contribution in [0.5, 0.6) is 0 Å². The van der Waals surface area contributed by atoms with Gasteiger partial charge in [-0.25, -0.2) is 9.97 Å². The quantitative estimate of drug-likeness (QED) is 0.141. The second-order valence-corrected chi connectivity index (χ2v) is 13.8.